The number of nitrogens with zero attached hydrogens (tertiary/aromatic N) is 2. The molecule has 2 aromatic carbocycles. The average Bonchev–Trinajstić information content (AvgIpc) is 3.53. The van der Waals surface area contributed by atoms with Crippen LogP contribution in [0.25, 0.3) is 11.3 Å². The first-order chi connectivity index (χ1) is 18.8. The zero-order valence-electron chi connectivity index (χ0n) is 22.3. The number of hydrogen-bond acceptors (Lipinski definition) is 6. The Labute approximate surface area is 236 Å². The number of hydrogen-bond donors (Lipinski definition) is 2. The Morgan fingerprint density at radius 1 is 1.00 bits per heavy atom. The van der Waals surface area contributed by atoms with Crippen LogP contribution in [-0.2, 0) is 35.2 Å². The first kappa shape index (κ1) is 29.8. The molecule has 40 heavy (non-hydrogen) atoms. The smallest absolute Gasteiger partial charge is 0.404 e. The Morgan fingerprint density at radius 2 is 1.75 bits per heavy atom. The minimum atomic E-state index is -4.84. The molecule has 4 aromatic rings. The molecule has 0 aliphatic heterocycles. The molecule has 214 valence electrons. The lowest BCUT2D eigenvalue weighted by Gasteiger charge is -2.27. The molecule has 2 aromatic heterocycles. The highest BCUT2D eigenvalue weighted by molar-refractivity contribution is 7.89. The fourth-order valence-electron chi connectivity index (χ4n) is 4.16. The number of alkyl halides is 3. The Hall–Kier alpha value is -3.19. The zero-order valence-corrected chi connectivity index (χ0v) is 24.0. The number of sulfonamides is 1. The number of nitrogens with one attached hydrogen (secondary N) is 2. The van der Waals surface area contributed by atoms with Crippen LogP contribution in [0.3, 0.4) is 0 Å². The first-order valence-corrected chi connectivity index (χ1v) is 15.1. The Bertz CT molecular complexity index is 1520. The summed E-state index contributed by atoms with van der Waals surface area (Å²) in [6.45, 7) is 7.05. The van der Waals surface area contributed by atoms with E-state index < -0.39 is 27.5 Å². The summed E-state index contributed by atoms with van der Waals surface area (Å²) >= 11 is 1.72. The van der Waals surface area contributed by atoms with E-state index in [4.69, 9.17) is 4.74 Å². The van der Waals surface area contributed by atoms with Gasteiger partial charge < -0.3 is 10.1 Å². The molecule has 0 unspecified atom stereocenters. The van der Waals surface area contributed by atoms with Gasteiger partial charge in [0.15, 0.2) is 5.75 Å². The summed E-state index contributed by atoms with van der Waals surface area (Å²) in [7, 11) is -4.60. The van der Waals surface area contributed by atoms with Crippen molar-refractivity contribution >= 4 is 21.4 Å². The minimum absolute atomic E-state index is 0.493. The molecule has 0 amide bonds. The predicted octanol–water partition coefficient (Wildman–Crippen LogP) is 6.43. The maximum Gasteiger partial charge on any atom is 0.404 e. The molecule has 0 radical (unpaired) electrons. The highest BCUT2D eigenvalue weighted by atomic mass is 32.2. The van der Waals surface area contributed by atoms with Crippen LogP contribution in [0.4, 0.5) is 13.2 Å². The van der Waals surface area contributed by atoms with E-state index in [-0.39, 0.29) is 0 Å². The lowest BCUT2D eigenvalue weighted by molar-refractivity contribution is -0.106. The van der Waals surface area contributed by atoms with Crippen molar-refractivity contribution in [3.63, 3.8) is 0 Å². The minimum Gasteiger partial charge on any atom is -0.439 e. The third-order valence-corrected chi connectivity index (χ3v) is 8.45. The summed E-state index contributed by atoms with van der Waals surface area (Å²) in [4.78, 5) is 1.28. The van der Waals surface area contributed by atoms with Gasteiger partial charge in [-0.25, -0.2) is 17.8 Å². The van der Waals surface area contributed by atoms with Gasteiger partial charge in [0.05, 0.1) is 11.2 Å². The maximum absolute atomic E-state index is 12.7. The second-order valence-corrected chi connectivity index (χ2v) is 12.5. The molecular weight excluding hydrogens is 561 g/mol. The van der Waals surface area contributed by atoms with Gasteiger partial charge in [-0.1, -0.05) is 36.4 Å². The maximum atomic E-state index is 12.7. The van der Waals surface area contributed by atoms with E-state index in [2.05, 4.69) is 26.6 Å². The molecule has 0 aliphatic carbocycles. The second-order valence-electron chi connectivity index (χ2n) is 9.79. The standard InChI is InChI=1S/C28H31F3N4O3S2/c1-4-35-26(38-23-12-10-20(11-13-23)17-32-18-24-9-6-14-39-24)16-25(33-35)21-7-5-8-22(15-21)27(2,3)34-40(36,37)19-28(29,30)31/h5-16,32,34H,4,17-19H2,1-3H3. The molecule has 2 heterocycles. The molecule has 0 fully saturated rings. The fourth-order valence-corrected chi connectivity index (χ4v) is 6.23. The normalized spacial score (nSPS) is 12.6. The highest BCUT2D eigenvalue weighted by Gasteiger charge is 2.38. The average molecular weight is 593 g/mol. The van der Waals surface area contributed by atoms with Gasteiger partial charge in [0.25, 0.3) is 0 Å². The number of benzene rings is 2. The highest BCUT2D eigenvalue weighted by Crippen LogP contribution is 2.31. The van der Waals surface area contributed by atoms with Crippen molar-refractivity contribution in [3.05, 3.63) is 88.1 Å². The van der Waals surface area contributed by atoms with Crippen molar-refractivity contribution in [3.8, 4) is 22.9 Å². The van der Waals surface area contributed by atoms with Crippen LogP contribution >= 0.6 is 11.3 Å². The van der Waals surface area contributed by atoms with Gasteiger partial charge in [0.2, 0.25) is 15.9 Å². The molecular formula is C28H31F3N4O3S2. The van der Waals surface area contributed by atoms with Gasteiger partial charge in [-0.05, 0) is 61.5 Å². The monoisotopic (exact) mass is 592 g/mol. The SMILES string of the molecule is CCn1nc(-c2cccc(C(C)(C)NS(=O)(=O)CC(F)(F)F)c2)cc1Oc1ccc(CNCc2cccs2)cc1. The Balaban J connectivity index is 1.46. The molecule has 0 atom stereocenters. The molecule has 0 saturated heterocycles. The molecule has 4 rings (SSSR count). The molecule has 2 N–H and O–H groups in total. The number of rotatable bonds is 12. The van der Waals surface area contributed by atoms with E-state index in [0.29, 0.717) is 35.0 Å². The van der Waals surface area contributed by atoms with Crippen LogP contribution in [0.5, 0.6) is 11.6 Å². The Morgan fingerprint density at radius 3 is 2.40 bits per heavy atom. The van der Waals surface area contributed by atoms with E-state index >= 15 is 0 Å². The van der Waals surface area contributed by atoms with Gasteiger partial charge in [0.1, 0.15) is 5.75 Å². The van der Waals surface area contributed by atoms with Crippen LogP contribution in [0.2, 0.25) is 0 Å². The summed E-state index contributed by atoms with van der Waals surface area (Å²) in [5, 5.41) is 10.1. The van der Waals surface area contributed by atoms with Gasteiger partial charge in [-0.2, -0.15) is 18.3 Å². The molecule has 12 heteroatoms. The quantitative estimate of drug-likeness (QED) is 0.198. The largest absolute Gasteiger partial charge is 0.439 e. The summed E-state index contributed by atoms with van der Waals surface area (Å²) in [5.41, 5.74) is 1.59. The predicted molar refractivity (Wildman–Crippen MR) is 151 cm³/mol. The number of aromatic nitrogens is 2. The second kappa shape index (κ2) is 12.1. The summed E-state index contributed by atoms with van der Waals surface area (Å²) in [6, 6.07) is 20.6. The van der Waals surface area contributed by atoms with E-state index in [0.717, 1.165) is 18.7 Å². The molecule has 0 spiro atoms. The van der Waals surface area contributed by atoms with Crippen LogP contribution in [0.1, 0.15) is 36.8 Å². The fraction of sp³-hybridized carbons (Fsp3) is 0.321. The van der Waals surface area contributed by atoms with Crippen molar-refractivity contribution < 1.29 is 26.3 Å². The number of halogens is 3. The zero-order chi connectivity index (χ0) is 29.0. The van der Waals surface area contributed by atoms with E-state index in [1.165, 1.54) is 18.7 Å². The van der Waals surface area contributed by atoms with Crippen LogP contribution in [0, 0.1) is 0 Å². The molecule has 7 nitrogen and oxygen atoms in total. The lowest BCUT2D eigenvalue weighted by atomic mass is 9.93. The van der Waals surface area contributed by atoms with Crippen LogP contribution in [0.15, 0.2) is 72.1 Å². The van der Waals surface area contributed by atoms with Crippen LogP contribution < -0.4 is 14.8 Å². The molecule has 0 aliphatic rings. The van der Waals surface area contributed by atoms with Gasteiger partial charge in [-0.3, -0.25) is 0 Å². The van der Waals surface area contributed by atoms with Gasteiger partial charge in [0, 0.05) is 36.1 Å². The lowest BCUT2D eigenvalue weighted by Crippen LogP contribution is -2.44. The summed E-state index contributed by atoms with van der Waals surface area (Å²) < 4.78 is 72.3. The van der Waals surface area contributed by atoms with Crippen molar-refractivity contribution in [1.29, 1.82) is 0 Å². The van der Waals surface area contributed by atoms with Gasteiger partial charge >= 0.3 is 6.18 Å². The number of ether oxygens (including phenoxy) is 1. The third kappa shape index (κ3) is 8.17. The van der Waals surface area contributed by atoms with E-state index in [9.17, 15) is 21.6 Å². The topological polar surface area (TPSA) is 85.2 Å². The first-order valence-electron chi connectivity index (χ1n) is 12.6. The van der Waals surface area contributed by atoms with E-state index in [1.807, 2.05) is 37.3 Å². The van der Waals surface area contributed by atoms with Crippen LogP contribution in [-0.4, -0.2) is 30.1 Å². The van der Waals surface area contributed by atoms with Crippen molar-refractivity contribution in [1.82, 2.24) is 19.8 Å². The van der Waals surface area contributed by atoms with Crippen molar-refractivity contribution in [2.24, 2.45) is 0 Å². The number of thiophene rings is 1. The molecule has 0 bridgehead atoms. The Kier molecular flexibility index (Phi) is 9.03. The molecule has 0 saturated carbocycles. The summed E-state index contributed by atoms with van der Waals surface area (Å²) in [6.07, 6.45) is -4.84. The number of aryl methyl sites for hydroxylation is 1. The van der Waals surface area contributed by atoms with Crippen molar-refractivity contribution in [2.45, 2.75) is 52.1 Å². The summed E-state index contributed by atoms with van der Waals surface area (Å²) in [5.74, 6) is -0.772. The van der Waals surface area contributed by atoms with Gasteiger partial charge in [-0.15, -0.1) is 11.3 Å². The third-order valence-electron chi connectivity index (χ3n) is 6.04. The van der Waals surface area contributed by atoms with E-state index in [1.54, 1.807) is 46.4 Å². The van der Waals surface area contributed by atoms with Crippen molar-refractivity contribution in [2.75, 3.05) is 5.75 Å².